The first-order valence-corrected chi connectivity index (χ1v) is 5.30. The van der Waals surface area contributed by atoms with Crippen LogP contribution in [0.4, 0.5) is 4.79 Å². The lowest BCUT2D eigenvalue weighted by Crippen LogP contribution is -2.26. The van der Waals surface area contributed by atoms with Crippen molar-refractivity contribution in [3.8, 4) is 0 Å². The van der Waals surface area contributed by atoms with Crippen LogP contribution < -0.4 is 5.32 Å². The van der Waals surface area contributed by atoms with E-state index in [1.54, 1.807) is 12.5 Å². The molecule has 1 aromatic rings. The average molecular weight is 227 g/mol. The Kier molecular flexibility index (Phi) is 6.02. The second-order valence-electron chi connectivity index (χ2n) is 3.29. The molecule has 2 N–H and O–H groups in total. The topological polar surface area (TPSA) is 76.4 Å². The molecule has 0 atom stereocenters. The smallest absolute Gasteiger partial charge is 0.407 e. The molecule has 0 bridgehead atoms. The summed E-state index contributed by atoms with van der Waals surface area (Å²) in [7, 11) is 0. The Morgan fingerprint density at radius 2 is 2.38 bits per heavy atom. The molecule has 0 aromatic carbocycles. The van der Waals surface area contributed by atoms with Crippen LogP contribution in [0.1, 0.15) is 12.8 Å². The van der Waals surface area contributed by atoms with Crippen LogP contribution in [0.25, 0.3) is 0 Å². The highest BCUT2D eigenvalue weighted by atomic mass is 16.6. The number of nitrogens with one attached hydrogen (secondary N) is 1. The van der Waals surface area contributed by atoms with Gasteiger partial charge in [0.25, 0.3) is 0 Å². The monoisotopic (exact) mass is 227 g/mol. The van der Waals surface area contributed by atoms with Gasteiger partial charge in [0.1, 0.15) is 6.61 Å². The Labute approximate surface area is 94.2 Å². The largest absolute Gasteiger partial charge is 0.447 e. The molecule has 1 heterocycles. The van der Waals surface area contributed by atoms with Crippen LogP contribution in [0, 0.1) is 0 Å². The van der Waals surface area contributed by atoms with Crippen LogP contribution in [0.15, 0.2) is 18.7 Å². The van der Waals surface area contributed by atoms with Gasteiger partial charge in [0.2, 0.25) is 0 Å². The van der Waals surface area contributed by atoms with Gasteiger partial charge in [0.05, 0.1) is 12.9 Å². The van der Waals surface area contributed by atoms with Gasteiger partial charge in [0, 0.05) is 25.5 Å². The van der Waals surface area contributed by atoms with Gasteiger partial charge in [-0.1, -0.05) is 0 Å². The summed E-state index contributed by atoms with van der Waals surface area (Å²) in [5.74, 6) is 0. The molecule has 90 valence electrons. The van der Waals surface area contributed by atoms with Crippen molar-refractivity contribution in [3.05, 3.63) is 18.7 Å². The molecule has 6 heteroatoms. The highest BCUT2D eigenvalue weighted by Crippen LogP contribution is 1.94. The SMILES string of the molecule is O=C(NCCCCn1ccnc1)OCCO. The summed E-state index contributed by atoms with van der Waals surface area (Å²) >= 11 is 0. The quantitative estimate of drug-likeness (QED) is 0.660. The lowest BCUT2D eigenvalue weighted by Gasteiger charge is -2.05. The number of nitrogens with zero attached hydrogens (tertiary/aromatic N) is 2. The molecule has 0 saturated carbocycles. The normalized spacial score (nSPS) is 10.1. The molecule has 0 aliphatic heterocycles. The molecule has 1 amide bonds. The Bertz CT molecular complexity index is 288. The minimum Gasteiger partial charge on any atom is -0.447 e. The first-order chi connectivity index (χ1) is 7.83. The Hall–Kier alpha value is -1.56. The number of imidazole rings is 1. The molecular formula is C10H17N3O3. The molecule has 1 aromatic heterocycles. The lowest BCUT2D eigenvalue weighted by atomic mass is 10.3. The van der Waals surface area contributed by atoms with Crippen LogP contribution >= 0.6 is 0 Å². The fourth-order valence-electron chi connectivity index (χ4n) is 1.22. The first kappa shape index (κ1) is 12.5. The van der Waals surface area contributed by atoms with E-state index < -0.39 is 6.09 Å². The number of hydrogen-bond donors (Lipinski definition) is 2. The third-order valence-electron chi connectivity index (χ3n) is 2.00. The number of unbranched alkanes of at least 4 members (excludes halogenated alkanes) is 1. The van der Waals surface area contributed by atoms with Gasteiger partial charge < -0.3 is 19.7 Å². The Balaban J connectivity index is 1.93. The molecule has 0 saturated heterocycles. The maximum atomic E-state index is 10.9. The molecule has 0 spiro atoms. The summed E-state index contributed by atoms with van der Waals surface area (Å²) in [6.07, 6.45) is 6.79. The minimum atomic E-state index is -0.475. The molecule has 0 aliphatic rings. The van der Waals surface area contributed by atoms with Crippen LogP contribution in [0.2, 0.25) is 0 Å². The summed E-state index contributed by atoms with van der Waals surface area (Å²) in [6, 6.07) is 0. The van der Waals surface area contributed by atoms with Crippen molar-refractivity contribution in [2.24, 2.45) is 0 Å². The third-order valence-corrected chi connectivity index (χ3v) is 2.00. The van der Waals surface area contributed by atoms with Gasteiger partial charge in [-0.15, -0.1) is 0 Å². The highest BCUT2D eigenvalue weighted by Gasteiger charge is 1.99. The van der Waals surface area contributed by atoms with E-state index >= 15 is 0 Å². The predicted molar refractivity (Wildman–Crippen MR) is 57.9 cm³/mol. The van der Waals surface area contributed by atoms with E-state index in [0.29, 0.717) is 6.54 Å². The van der Waals surface area contributed by atoms with E-state index in [2.05, 4.69) is 15.0 Å². The van der Waals surface area contributed by atoms with Crippen LogP contribution in [-0.2, 0) is 11.3 Å². The van der Waals surface area contributed by atoms with Gasteiger partial charge in [-0.05, 0) is 12.8 Å². The van der Waals surface area contributed by atoms with Crippen molar-refractivity contribution in [1.29, 1.82) is 0 Å². The second-order valence-corrected chi connectivity index (χ2v) is 3.29. The van der Waals surface area contributed by atoms with Crippen molar-refractivity contribution in [2.75, 3.05) is 19.8 Å². The van der Waals surface area contributed by atoms with Gasteiger partial charge >= 0.3 is 6.09 Å². The minimum absolute atomic E-state index is 0.0425. The molecule has 0 fully saturated rings. The number of aryl methyl sites for hydroxylation is 1. The number of alkyl carbamates (subject to hydrolysis) is 1. The number of carbonyl (C=O) groups excluding carboxylic acids is 1. The van der Waals surface area contributed by atoms with Gasteiger partial charge in [0.15, 0.2) is 0 Å². The van der Waals surface area contributed by atoms with Crippen molar-refractivity contribution in [3.63, 3.8) is 0 Å². The molecule has 16 heavy (non-hydrogen) atoms. The Morgan fingerprint density at radius 3 is 3.06 bits per heavy atom. The number of aliphatic hydroxyl groups is 1. The summed E-state index contributed by atoms with van der Waals surface area (Å²) in [6.45, 7) is 1.38. The molecule has 6 nitrogen and oxygen atoms in total. The number of rotatable bonds is 7. The van der Waals surface area contributed by atoms with E-state index in [1.165, 1.54) is 0 Å². The molecule has 0 radical (unpaired) electrons. The zero-order valence-electron chi connectivity index (χ0n) is 9.13. The second kappa shape index (κ2) is 7.70. The molecule has 0 aliphatic carbocycles. The maximum Gasteiger partial charge on any atom is 0.407 e. The number of hydrogen-bond acceptors (Lipinski definition) is 4. The molecule has 0 unspecified atom stereocenters. The fourth-order valence-corrected chi connectivity index (χ4v) is 1.22. The summed E-state index contributed by atoms with van der Waals surface area (Å²) < 4.78 is 6.62. The maximum absolute atomic E-state index is 10.9. The van der Waals surface area contributed by atoms with Crippen molar-refractivity contribution in [1.82, 2.24) is 14.9 Å². The highest BCUT2D eigenvalue weighted by molar-refractivity contribution is 5.66. The number of aliphatic hydroxyl groups excluding tert-OH is 1. The molecule has 1 rings (SSSR count). The van der Waals surface area contributed by atoms with Crippen LogP contribution in [0.3, 0.4) is 0 Å². The molecular weight excluding hydrogens is 210 g/mol. The summed E-state index contributed by atoms with van der Waals surface area (Å²) in [4.78, 5) is 14.9. The van der Waals surface area contributed by atoms with E-state index in [4.69, 9.17) is 5.11 Å². The fraction of sp³-hybridized carbons (Fsp3) is 0.600. The number of carbonyl (C=O) groups is 1. The van der Waals surface area contributed by atoms with E-state index in [0.717, 1.165) is 19.4 Å². The van der Waals surface area contributed by atoms with Crippen molar-refractivity contribution < 1.29 is 14.6 Å². The van der Waals surface area contributed by atoms with Gasteiger partial charge in [-0.25, -0.2) is 9.78 Å². The zero-order chi connectivity index (χ0) is 11.6. The third kappa shape index (κ3) is 5.35. The zero-order valence-corrected chi connectivity index (χ0v) is 9.13. The Morgan fingerprint density at radius 1 is 1.50 bits per heavy atom. The van der Waals surface area contributed by atoms with E-state index in [9.17, 15) is 4.79 Å². The van der Waals surface area contributed by atoms with Crippen LogP contribution in [-0.4, -0.2) is 40.5 Å². The summed E-state index contributed by atoms with van der Waals surface area (Å²) in [5.41, 5.74) is 0. The van der Waals surface area contributed by atoms with E-state index in [-0.39, 0.29) is 13.2 Å². The average Bonchev–Trinajstić information content (AvgIpc) is 2.79. The standard InChI is InChI=1S/C10H17N3O3/c14-7-8-16-10(15)12-3-1-2-5-13-6-4-11-9-13/h4,6,9,14H,1-3,5,7-8H2,(H,12,15). The number of ether oxygens (including phenoxy) is 1. The van der Waals surface area contributed by atoms with E-state index in [1.807, 2.05) is 10.8 Å². The van der Waals surface area contributed by atoms with Crippen LogP contribution in [0.5, 0.6) is 0 Å². The number of amides is 1. The van der Waals surface area contributed by atoms with Crippen molar-refractivity contribution >= 4 is 6.09 Å². The number of aromatic nitrogens is 2. The lowest BCUT2D eigenvalue weighted by molar-refractivity contribution is 0.119. The predicted octanol–water partition coefficient (Wildman–Crippen LogP) is 0.382. The van der Waals surface area contributed by atoms with Gasteiger partial charge in [-0.2, -0.15) is 0 Å². The van der Waals surface area contributed by atoms with Gasteiger partial charge in [-0.3, -0.25) is 0 Å². The first-order valence-electron chi connectivity index (χ1n) is 5.30. The summed E-state index contributed by atoms with van der Waals surface area (Å²) in [5, 5.41) is 11.0. The van der Waals surface area contributed by atoms with Crippen molar-refractivity contribution in [2.45, 2.75) is 19.4 Å².